The second kappa shape index (κ2) is 6.00. The highest BCUT2D eigenvalue weighted by Crippen LogP contribution is 2.21. The van der Waals surface area contributed by atoms with E-state index in [1.807, 2.05) is 13.8 Å². The number of aromatic nitrogens is 1. The highest BCUT2D eigenvalue weighted by molar-refractivity contribution is 7.15. The number of thiazole rings is 1. The number of nitrogens with one attached hydrogen (secondary N) is 1. The lowest BCUT2D eigenvalue weighted by atomic mass is 10.3. The van der Waals surface area contributed by atoms with Gasteiger partial charge in [-0.25, -0.2) is 9.37 Å². The lowest BCUT2D eigenvalue weighted by Gasteiger charge is -2.13. The Bertz CT molecular complexity index is 591. The summed E-state index contributed by atoms with van der Waals surface area (Å²) in [5.41, 5.74) is 0.900. The van der Waals surface area contributed by atoms with Crippen LogP contribution in [-0.4, -0.2) is 17.0 Å². The average Bonchev–Trinajstić information content (AvgIpc) is 2.71. The zero-order valence-corrected chi connectivity index (χ0v) is 12.3. The maximum absolute atomic E-state index is 12.8. The zero-order chi connectivity index (χ0) is 14.7. The van der Waals surface area contributed by atoms with Crippen LogP contribution in [0.2, 0.25) is 0 Å². The summed E-state index contributed by atoms with van der Waals surface area (Å²) < 4.78 is 18.2. The van der Waals surface area contributed by atoms with E-state index in [1.165, 1.54) is 35.6 Å². The van der Waals surface area contributed by atoms with E-state index in [0.29, 0.717) is 10.9 Å². The molecule has 0 aliphatic carbocycles. The van der Waals surface area contributed by atoms with Crippen LogP contribution in [0.25, 0.3) is 0 Å². The summed E-state index contributed by atoms with van der Waals surface area (Å²) in [5.74, 6) is -0.188. The Morgan fingerprint density at radius 2 is 2.00 bits per heavy atom. The van der Waals surface area contributed by atoms with E-state index >= 15 is 0 Å². The number of carbonyl (C=O) groups is 1. The Morgan fingerprint density at radius 1 is 1.35 bits per heavy atom. The summed E-state index contributed by atoms with van der Waals surface area (Å²) in [6.07, 6.45) is -0.690. The molecule has 106 valence electrons. The molecule has 1 aromatic heterocycles. The SMILES string of the molecule is Cc1nc(NC(=O)C(C)Oc2ccc(F)cc2)sc1C. The molecule has 2 aromatic rings. The largest absolute Gasteiger partial charge is 0.481 e. The monoisotopic (exact) mass is 294 g/mol. The molecule has 1 amide bonds. The smallest absolute Gasteiger partial charge is 0.266 e. The third-order valence-corrected chi connectivity index (χ3v) is 3.74. The topological polar surface area (TPSA) is 51.2 Å². The maximum Gasteiger partial charge on any atom is 0.266 e. The second-order valence-electron chi connectivity index (χ2n) is 4.36. The molecule has 2 rings (SSSR count). The number of hydrogen-bond donors (Lipinski definition) is 1. The van der Waals surface area contributed by atoms with Crippen molar-refractivity contribution in [2.75, 3.05) is 5.32 Å². The van der Waals surface area contributed by atoms with Crippen LogP contribution < -0.4 is 10.1 Å². The van der Waals surface area contributed by atoms with Gasteiger partial charge in [-0.3, -0.25) is 10.1 Å². The minimum Gasteiger partial charge on any atom is -0.481 e. The van der Waals surface area contributed by atoms with Gasteiger partial charge in [-0.2, -0.15) is 0 Å². The van der Waals surface area contributed by atoms with Crippen LogP contribution in [0.4, 0.5) is 9.52 Å². The van der Waals surface area contributed by atoms with Gasteiger partial charge in [0.25, 0.3) is 5.91 Å². The number of benzene rings is 1. The van der Waals surface area contributed by atoms with Crippen LogP contribution in [0.5, 0.6) is 5.75 Å². The van der Waals surface area contributed by atoms with Gasteiger partial charge in [0, 0.05) is 4.88 Å². The van der Waals surface area contributed by atoms with Crippen molar-refractivity contribution in [2.24, 2.45) is 0 Å². The Labute approximate surface area is 120 Å². The fourth-order valence-corrected chi connectivity index (χ4v) is 2.32. The van der Waals surface area contributed by atoms with Crippen molar-refractivity contribution in [1.82, 2.24) is 4.98 Å². The molecule has 0 aliphatic rings. The van der Waals surface area contributed by atoms with Crippen molar-refractivity contribution in [3.05, 3.63) is 40.7 Å². The fourth-order valence-electron chi connectivity index (χ4n) is 1.50. The second-order valence-corrected chi connectivity index (χ2v) is 5.57. The van der Waals surface area contributed by atoms with Gasteiger partial charge in [0.15, 0.2) is 11.2 Å². The lowest BCUT2D eigenvalue weighted by molar-refractivity contribution is -0.122. The number of ether oxygens (including phenoxy) is 1. The molecule has 1 heterocycles. The predicted octanol–water partition coefficient (Wildman–Crippen LogP) is 3.31. The standard InChI is InChI=1S/C14H15FN2O2S/c1-8-10(3)20-14(16-8)17-13(18)9(2)19-12-6-4-11(15)5-7-12/h4-7,9H,1-3H3,(H,16,17,18). The van der Waals surface area contributed by atoms with Gasteiger partial charge in [-0.15, -0.1) is 11.3 Å². The first-order valence-electron chi connectivity index (χ1n) is 6.13. The summed E-state index contributed by atoms with van der Waals surface area (Å²) in [6, 6.07) is 5.54. The highest BCUT2D eigenvalue weighted by Gasteiger charge is 2.16. The summed E-state index contributed by atoms with van der Waals surface area (Å²) in [6.45, 7) is 5.47. The van der Waals surface area contributed by atoms with Crippen LogP contribution >= 0.6 is 11.3 Å². The normalized spacial score (nSPS) is 12.0. The van der Waals surface area contributed by atoms with E-state index < -0.39 is 6.10 Å². The zero-order valence-electron chi connectivity index (χ0n) is 11.4. The summed E-state index contributed by atoms with van der Waals surface area (Å²) in [7, 11) is 0. The molecule has 20 heavy (non-hydrogen) atoms. The number of anilines is 1. The third kappa shape index (κ3) is 3.54. The quantitative estimate of drug-likeness (QED) is 0.941. The van der Waals surface area contributed by atoms with Crippen molar-refractivity contribution in [2.45, 2.75) is 26.9 Å². The molecule has 0 aliphatic heterocycles. The van der Waals surface area contributed by atoms with Crippen LogP contribution in [0.15, 0.2) is 24.3 Å². The summed E-state index contributed by atoms with van der Waals surface area (Å²) >= 11 is 1.42. The van der Waals surface area contributed by atoms with E-state index in [4.69, 9.17) is 4.74 Å². The van der Waals surface area contributed by atoms with E-state index in [2.05, 4.69) is 10.3 Å². The first-order valence-corrected chi connectivity index (χ1v) is 6.94. The van der Waals surface area contributed by atoms with Gasteiger partial charge in [-0.05, 0) is 45.0 Å². The maximum atomic E-state index is 12.8. The minimum atomic E-state index is -0.690. The van der Waals surface area contributed by atoms with E-state index in [1.54, 1.807) is 6.92 Å². The van der Waals surface area contributed by atoms with Gasteiger partial charge in [-0.1, -0.05) is 0 Å². The van der Waals surface area contributed by atoms with E-state index in [-0.39, 0.29) is 11.7 Å². The molecular formula is C14H15FN2O2S. The van der Waals surface area contributed by atoms with Crippen molar-refractivity contribution in [3.8, 4) is 5.75 Å². The number of hydrogen-bond acceptors (Lipinski definition) is 4. The molecule has 6 heteroatoms. The molecule has 1 atom stereocenters. The van der Waals surface area contributed by atoms with Crippen molar-refractivity contribution in [3.63, 3.8) is 0 Å². The number of carbonyl (C=O) groups excluding carboxylic acids is 1. The molecule has 0 saturated carbocycles. The molecule has 1 unspecified atom stereocenters. The molecule has 0 saturated heterocycles. The highest BCUT2D eigenvalue weighted by atomic mass is 32.1. The third-order valence-electron chi connectivity index (χ3n) is 2.75. The summed E-state index contributed by atoms with van der Waals surface area (Å²) in [4.78, 5) is 17.3. The fraction of sp³-hybridized carbons (Fsp3) is 0.286. The molecule has 1 aromatic carbocycles. The first-order chi connectivity index (χ1) is 9.45. The average molecular weight is 294 g/mol. The summed E-state index contributed by atoms with van der Waals surface area (Å²) in [5, 5.41) is 3.26. The Balaban J connectivity index is 1.96. The number of amides is 1. The molecule has 0 radical (unpaired) electrons. The Hall–Kier alpha value is -1.95. The molecular weight excluding hydrogens is 279 g/mol. The Kier molecular flexibility index (Phi) is 4.34. The van der Waals surface area contributed by atoms with Crippen molar-refractivity contribution in [1.29, 1.82) is 0 Å². The lowest BCUT2D eigenvalue weighted by Crippen LogP contribution is -2.30. The number of rotatable bonds is 4. The molecule has 1 N–H and O–H groups in total. The molecule has 0 bridgehead atoms. The van der Waals surface area contributed by atoms with Crippen LogP contribution in [0, 0.1) is 19.7 Å². The van der Waals surface area contributed by atoms with E-state index in [9.17, 15) is 9.18 Å². The molecule has 4 nitrogen and oxygen atoms in total. The predicted molar refractivity (Wildman–Crippen MR) is 76.7 cm³/mol. The van der Waals surface area contributed by atoms with Crippen molar-refractivity contribution < 1.29 is 13.9 Å². The first kappa shape index (κ1) is 14.5. The van der Waals surface area contributed by atoms with Crippen LogP contribution in [-0.2, 0) is 4.79 Å². The molecule has 0 fully saturated rings. The van der Waals surface area contributed by atoms with Crippen LogP contribution in [0.3, 0.4) is 0 Å². The number of halogens is 1. The van der Waals surface area contributed by atoms with E-state index in [0.717, 1.165) is 10.6 Å². The molecule has 0 spiro atoms. The number of nitrogens with zero attached hydrogens (tertiary/aromatic N) is 1. The van der Waals surface area contributed by atoms with Gasteiger partial charge < -0.3 is 4.74 Å². The minimum absolute atomic E-state index is 0.289. The Morgan fingerprint density at radius 3 is 2.55 bits per heavy atom. The van der Waals surface area contributed by atoms with Crippen LogP contribution in [0.1, 0.15) is 17.5 Å². The van der Waals surface area contributed by atoms with Gasteiger partial charge in [0.2, 0.25) is 0 Å². The number of aryl methyl sites for hydroxylation is 2. The van der Waals surface area contributed by atoms with Gasteiger partial charge >= 0.3 is 0 Å². The van der Waals surface area contributed by atoms with Gasteiger partial charge in [0.1, 0.15) is 11.6 Å². The van der Waals surface area contributed by atoms with Gasteiger partial charge in [0.05, 0.1) is 5.69 Å². The van der Waals surface area contributed by atoms with Crippen molar-refractivity contribution >= 4 is 22.4 Å².